The number of methoxy groups -OCH3 is 1. The number of carbonyl (C=O) groups is 1. The van der Waals surface area contributed by atoms with E-state index in [9.17, 15) is 9.90 Å². The first kappa shape index (κ1) is 12.9. The lowest BCUT2D eigenvalue weighted by atomic mass is 10.0. The zero-order chi connectivity index (χ0) is 13.0. The molecule has 98 valence electrons. The van der Waals surface area contributed by atoms with Gasteiger partial charge in [0.05, 0.1) is 18.3 Å². The van der Waals surface area contributed by atoms with Crippen molar-refractivity contribution in [2.45, 2.75) is 31.3 Å². The van der Waals surface area contributed by atoms with Gasteiger partial charge in [0, 0.05) is 6.54 Å². The van der Waals surface area contributed by atoms with Gasteiger partial charge in [0.15, 0.2) is 0 Å². The van der Waals surface area contributed by atoms with Crippen LogP contribution in [0.5, 0.6) is 5.75 Å². The minimum atomic E-state index is -0.725. The van der Waals surface area contributed by atoms with Crippen molar-refractivity contribution < 1.29 is 14.6 Å². The van der Waals surface area contributed by atoms with Gasteiger partial charge in [-0.25, -0.2) is 0 Å². The summed E-state index contributed by atoms with van der Waals surface area (Å²) in [7, 11) is 1.54. The van der Waals surface area contributed by atoms with Gasteiger partial charge in [-0.3, -0.25) is 4.79 Å². The van der Waals surface area contributed by atoms with E-state index in [1.165, 1.54) is 7.11 Å². The van der Waals surface area contributed by atoms with Crippen LogP contribution in [0, 0.1) is 0 Å². The smallest absolute Gasteiger partial charge is 0.255 e. The van der Waals surface area contributed by atoms with Crippen molar-refractivity contribution in [3.05, 3.63) is 29.8 Å². The lowest BCUT2D eigenvalue weighted by molar-refractivity contribution is 0.0449. The average Bonchev–Trinajstić information content (AvgIpc) is 2.83. The van der Waals surface area contributed by atoms with E-state index in [2.05, 4.69) is 5.32 Å². The number of ether oxygens (including phenoxy) is 1. The molecule has 0 spiro atoms. The van der Waals surface area contributed by atoms with E-state index in [0.29, 0.717) is 17.9 Å². The van der Waals surface area contributed by atoms with Gasteiger partial charge in [0.1, 0.15) is 5.75 Å². The van der Waals surface area contributed by atoms with E-state index >= 15 is 0 Å². The average molecular weight is 249 g/mol. The van der Waals surface area contributed by atoms with Crippen molar-refractivity contribution in [1.29, 1.82) is 0 Å². The molecule has 0 radical (unpaired) electrons. The minimum Gasteiger partial charge on any atom is -0.496 e. The van der Waals surface area contributed by atoms with Crippen molar-refractivity contribution in [2.24, 2.45) is 0 Å². The van der Waals surface area contributed by atoms with Crippen molar-refractivity contribution in [3.63, 3.8) is 0 Å². The Morgan fingerprint density at radius 2 is 2.06 bits per heavy atom. The van der Waals surface area contributed by atoms with Crippen LogP contribution in [-0.2, 0) is 0 Å². The highest BCUT2D eigenvalue weighted by molar-refractivity contribution is 5.96. The Balaban J connectivity index is 1.99. The normalized spacial score (nSPS) is 17.4. The molecule has 1 aliphatic rings. The number of amides is 1. The molecule has 1 amide bonds. The molecule has 1 aromatic carbocycles. The predicted molar refractivity (Wildman–Crippen MR) is 68.7 cm³/mol. The highest BCUT2D eigenvalue weighted by Gasteiger charge is 2.31. The van der Waals surface area contributed by atoms with Crippen LogP contribution in [0.1, 0.15) is 36.0 Å². The van der Waals surface area contributed by atoms with Crippen molar-refractivity contribution in [2.75, 3.05) is 13.7 Å². The number of nitrogens with one attached hydrogen (secondary N) is 1. The standard InChI is InChI=1S/C14H19NO3/c1-18-12-7-3-2-6-11(12)13(16)15-10-14(17)8-4-5-9-14/h2-3,6-7,17H,4-5,8-10H2,1H3,(H,15,16). The number of benzene rings is 1. The minimum absolute atomic E-state index is 0.201. The molecule has 1 saturated carbocycles. The van der Waals surface area contributed by atoms with Crippen molar-refractivity contribution >= 4 is 5.91 Å². The molecule has 2 rings (SSSR count). The second-order valence-electron chi connectivity index (χ2n) is 4.81. The Morgan fingerprint density at radius 3 is 2.72 bits per heavy atom. The highest BCUT2D eigenvalue weighted by atomic mass is 16.5. The second-order valence-corrected chi connectivity index (χ2v) is 4.81. The quantitative estimate of drug-likeness (QED) is 0.854. The van der Waals surface area contributed by atoms with Gasteiger partial charge in [-0.05, 0) is 25.0 Å². The summed E-state index contributed by atoms with van der Waals surface area (Å²) in [5.74, 6) is 0.348. The van der Waals surface area contributed by atoms with E-state index in [-0.39, 0.29) is 5.91 Å². The monoisotopic (exact) mass is 249 g/mol. The van der Waals surface area contributed by atoms with E-state index in [1.54, 1.807) is 18.2 Å². The fourth-order valence-corrected chi connectivity index (χ4v) is 2.38. The maximum Gasteiger partial charge on any atom is 0.255 e. The first-order valence-corrected chi connectivity index (χ1v) is 6.28. The molecule has 0 saturated heterocycles. The molecule has 1 aromatic rings. The molecule has 0 atom stereocenters. The molecule has 0 bridgehead atoms. The lowest BCUT2D eigenvalue weighted by Crippen LogP contribution is -2.40. The van der Waals surface area contributed by atoms with Crippen LogP contribution in [0.4, 0.5) is 0 Å². The Morgan fingerprint density at radius 1 is 1.39 bits per heavy atom. The Hall–Kier alpha value is -1.55. The summed E-state index contributed by atoms with van der Waals surface area (Å²) in [4.78, 5) is 12.0. The van der Waals surface area contributed by atoms with E-state index in [4.69, 9.17) is 4.74 Å². The number of carbonyl (C=O) groups excluding carboxylic acids is 1. The number of hydrogen-bond donors (Lipinski definition) is 2. The van der Waals surface area contributed by atoms with Crippen LogP contribution >= 0.6 is 0 Å². The summed E-state index contributed by atoms with van der Waals surface area (Å²) >= 11 is 0. The van der Waals surface area contributed by atoms with Crippen LogP contribution in [0.3, 0.4) is 0 Å². The van der Waals surface area contributed by atoms with Gasteiger partial charge in [0.2, 0.25) is 0 Å². The molecule has 0 aromatic heterocycles. The van der Waals surface area contributed by atoms with Crippen LogP contribution < -0.4 is 10.1 Å². The summed E-state index contributed by atoms with van der Waals surface area (Å²) in [5.41, 5.74) is -0.223. The Bertz CT molecular complexity index is 425. The molecule has 4 nitrogen and oxygen atoms in total. The highest BCUT2D eigenvalue weighted by Crippen LogP contribution is 2.28. The van der Waals surface area contributed by atoms with Gasteiger partial charge in [-0.2, -0.15) is 0 Å². The SMILES string of the molecule is COc1ccccc1C(=O)NCC1(O)CCCC1. The maximum absolute atomic E-state index is 12.0. The van der Waals surface area contributed by atoms with Crippen LogP contribution in [0.2, 0.25) is 0 Å². The van der Waals surface area contributed by atoms with Gasteiger partial charge < -0.3 is 15.2 Å². The van der Waals surface area contributed by atoms with Crippen LogP contribution in [0.15, 0.2) is 24.3 Å². The van der Waals surface area contributed by atoms with Crippen molar-refractivity contribution in [1.82, 2.24) is 5.32 Å². The number of hydrogen-bond acceptors (Lipinski definition) is 3. The topological polar surface area (TPSA) is 58.6 Å². The van der Waals surface area contributed by atoms with Crippen molar-refractivity contribution in [3.8, 4) is 5.75 Å². The molecule has 4 heteroatoms. The molecule has 0 unspecified atom stereocenters. The van der Waals surface area contributed by atoms with Gasteiger partial charge in [-0.1, -0.05) is 25.0 Å². The van der Waals surface area contributed by atoms with E-state index in [0.717, 1.165) is 25.7 Å². The second kappa shape index (κ2) is 5.40. The summed E-state index contributed by atoms with van der Waals surface area (Å²) in [6.07, 6.45) is 3.58. The van der Waals surface area contributed by atoms with E-state index in [1.807, 2.05) is 6.07 Å². The van der Waals surface area contributed by atoms with Gasteiger partial charge >= 0.3 is 0 Å². The van der Waals surface area contributed by atoms with Crippen LogP contribution in [0.25, 0.3) is 0 Å². The summed E-state index contributed by atoms with van der Waals surface area (Å²) in [6, 6.07) is 7.08. The summed E-state index contributed by atoms with van der Waals surface area (Å²) in [6.45, 7) is 0.309. The molecule has 2 N–H and O–H groups in total. The Kier molecular flexibility index (Phi) is 3.87. The fraction of sp³-hybridized carbons (Fsp3) is 0.500. The third kappa shape index (κ3) is 2.82. The largest absolute Gasteiger partial charge is 0.496 e. The molecule has 1 aliphatic carbocycles. The zero-order valence-electron chi connectivity index (χ0n) is 10.6. The third-order valence-corrected chi connectivity index (χ3v) is 3.46. The zero-order valence-corrected chi connectivity index (χ0v) is 10.6. The van der Waals surface area contributed by atoms with Crippen LogP contribution in [-0.4, -0.2) is 30.3 Å². The molecular weight excluding hydrogens is 230 g/mol. The molecule has 0 heterocycles. The molecule has 1 fully saturated rings. The number of aliphatic hydroxyl groups is 1. The summed E-state index contributed by atoms with van der Waals surface area (Å²) in [5, 5.41) is 13.0. The van der Waals surface area contributed by atoms with Gasteiger partial charge in [0.25, 0.3) is 5.91 Å². The van der Waals surface area contributed by atoms with Gasteiger partial charge in [-0.15, -0.1) is 0 Å². The molecular formula is C14H19NO3. The molecule has 0 aliphatic heterocycles. The molecule has 18 heavy (non-hydrogen) atoms. The first-order valence-electron chi connectivity index (χ1n) is 6.28. The van der Waals surface area contributed by atoms with E-state index < -0.39 is 5.60 Å². The Labute approximate surface area is 107 Å². The third-order valence-electron chi connectivity index (χ3n) is 3.46. The summed E-state index contributed by atoms with van der Waals surface area (Å²) < 4.78 is 5.14. The number of rotatable bonds is 4. The number of para-hydroxylation sites is 1. The predicted octanol–water partition coefficient (Wildman–Crippen LogP) is 1.73. The first-order chi connectivity index (χ1) is 8.64. The fourth-order valence-electron chi connectivity index (χ4n) is 2.38. The maximum atomic E-state index is 12.0. The lowest BCUT2D eigenvalue weighted by Gasteiger charge is -2.22.